The van der Waals surface area contributed by atoms with Crippen molar-refractivity contribution in [2.75, 3.05) is 20.6 Å². The normalized spacial score (nSPS) is 14.7. The maximum Gasteiger partial charge on any atom is 0.280 e. The van der Waals surface area contributed by atoms with Crippen LogP contribution in [0.4, 0.5) is 0 Å². The van der Waals surface area contributed by atoms with Crippen LogP contribution in [-0.4, -0.2) is 44.2 Å². The van der Waals surface area contributed by atoms with Gasteiger partial charge in [0.1, 0.15) is 0 Å². The summed E-state index contributed by atoms with van der Waals surface area (Å²) >= 11 is 0. The Labute approximate surface area is 154 Å². The Morgan fingerprint density at radius 2 is 1.85 bits per heavy atom. The van der Waals surface area contributed by atoms with E-state index in [1.165, 1.54) is 14.8 Å². The van der Waals surface area contributed by atoms with E-state index in [4.69, 9.17) is 0 Å². The molecule has 1 heterocycles. The molecule has 1 N–H and O–H groups in total. The van der Waals surface area contributed by atoms with E-state index in [9.17, 15) is 13.2 Å². The molecule has 0 aromatic heterocycles. The average molecular weight is 373 g/mol. The van der Waals surface area contributed by atoms with Crippen LogP contribution in [0.25, 0.3) is 0 Å². The molecule has 0 unspecified atom stereocenters. The Hall–Kier alpha value is -2.22. The van der Waals surface area contributed by atoms with Crippen molar-refractivity contribution in [3.63, 3.8) is 0 Å². The molecule has 1 amide bonds. The number of rotatable bonds is 5. The smallest absolute Gasteiger partial charge is 0.280 e. The van der Waals surface area contributed by atoms with E-state index < -0.39 is 10.2 Å². The molecular formula is C19H23N3O3S. The quantitative estimate of drug-likeness (QED) is 0.869. The maximum atomic E-state index is 12.6. The van der Waals surface area contributed by atoms with Gasteiger partial charge in [-0.15, -0.1) is 0 Å². The fraction of sp³-hybridized carbons (Fsp3) is 0.316. The standard InChI is InChI=1S/C19H23N3O3S/c1-21(2)19(23)17-9-5-6-15(12-17)13-20-26(24,25)22-11-10-16-7-3-4-8-18(16)14-22/h3-9,12,20H,10-11,13-14H2,1-2H3. The van der Waals surface area contributed by atoms with E-state index in [-0.39, 0.29) is 12.5 Å². The molecule has 0 radical (unpaired) electrons. The third kappa shape index (κ3) is 4.12. The predicted octanol–water partition coefficient (Wildman–Crippen LogP) is 1.78. The number of nitrogens with one attached hydrogen (secondary N) is 1. The topological polar surface area (TPSA) is 69.7 Å². The minimum Gasteiger partial charge on any atom is -0.345 e. The van der Waals surface area contributed by atoms with Gasteiger partial charge in [0.2, 0.25) is 0 Å². The summed E-state index contributed by atoms with van der Waals surface area (Å²) in [5.74, 6) is -0.109. The number of hydrogen-bond acceptors (Lipinski definition) is 3. The zero-order valence-electron chi connectivity index (χ0n) is 15.0. The van der Waals surface area contributed by atoms with Gasteiger partial charge in [-0.05, 0) is 35.2 Å². The van der Waals surface area contributed by atoms with E-state index in [0.717, 1.165) is 11.1 Å². The molecule has 2 aromatic rings. The van der Waals surface area contributed by atoms with Crippen molar-refractivity contribution in [3.05, 3.63) is 70.8 Å². The number of benzene rings is 2. The highest BCUT2D eigenvalue weighted by Gasteiger charge is 2.26. The summed E-state index contributed by atoms with van der Waals surface area (Å²) in [7, 11) is -0.213. The summed E-state index contributed by atoms with van der Waals surface area (Å²) in [6.07, 6.45) is 0.712. The number of amides is 1. The minimum absolute atomic E-state index is 0.109. The molecule has 3 rings (SSSR count). The molecule has 2 aromatic carbocycles. The fourth-order valence-corrected chi connectivity index (χ4v) is 4.19. The first-order valence-electron chi connectivity index (χ1n) is 8.49. The van der Waals surface area contributed by atoms with Crippen molar-refractivity contribution in [1.29, 1.82) is 0 Å². The third-order valence-corrected chi connectivity index (χ3v) is 5.98. The highest BCUT2D eigenvalue weighted by molar-refractivity contribution is 7.87. The number of carbonyl (C=O) groups is 1. The molecule has 0 fully saturated rings. The second kappa shape index (κ2) is 7.57. The van der Waals surface area contributed by atoms with Crippen molar-refractivity contribution >= 4 is 16.1 Å². The summed E-state index contributed by atoms with van der Waals surface area (Å²) in [6, 6.07) is 14.9. The molecule has 0 aliphatic carbocycles. The van der Waals surface area contributed by atoms with Crippen LogP contribution < -0.4 is 4.72 Å². The van der Waals surface area contributed by atoms with Gasteiger partial charge in [-0.3, -0.25) is 4.79 Å². The number of fused-ring (bicyclic) bond motifs is 1. The zero-order valence-corrected chi connectivity index (χ0v) is 15.8. The van der Waals surface area contributed by atoms with Gasteiger partial charge in [0.05, 0.1) is 0 Å². The molecule has 6 nitrogen and oxygen atoms in total. The van der Waals surface area contributed by atoms with Crippen LogP contribution in [0, 0.1) is 0 Å². The third-order valence-electron chi connectivity index (χ3n) is 4.47. The second-order valence-electron chi connectivity index (χ2n) is 6.58. The van der Waals surface area contributed by atoms with Gasteiger partial charge in [-0.25, -0.2) is 0 Å². The van der Waals surface area contributed by atoms with Gasteiger partial charge in [-0.2, -0.15) is 17.4 Å². The lowest BCUT2D eigenvalue weighted by Gasteiger charge is -2.28. The summed E-state index contributed by atoms with van der Waals surface area (Å²) < 4.78 is 29.4. The molecule has 0 atom stereocenters. The van der Waals surface area contributed by atoms with Gasteiger partial charge in [0.15, 0.2) is 0 Å². The second-order valence-corrected chi connectivity index (χ2v) is 8.33. The molecule has 0 bridgehead atoms. The van der Waals surface area contributed by atoms with E-state index >= 15 is 0 Å². The van der Waals surface area contributed by atoms with Crippen LogP contribution in [0.2, 0.25) is 0 Å². The summed E-state index contributed by atoms with van der Waals surface area (Å²) in [4.78, 5) is 13.5. The van der Waals surface area contributed by atoms with E-state index in [1.54, 1.807) is 38.4 Å². The first-order chi connectivity index (χ1) is 12.4. The van der Waals surface area contributed by atoms with Crippen molar-refractivity contribution in [3.8, 4) is 0 Å². The summed E-state index contributed by atoms with van der Waals surface area (Å²) in [5, 5.41) is 0. The van der Waals surface area contributed by atoms with Crippen LogP contribution in [0.5, 0.6) is 0 Å². The lowest BCUT2D eigenvalue weighted by Crippen LogP contribution is -2.43. The highest BCUT2D eigenvalue weighted by Crippen LogP contribution is 2.20. The van der Waals surface area contributed by atoms with Crippen LogP contribution in [0.1, 0.15) is 27.0 Å². The van der Waals surface area contributed by atoms with Crippen LogP contribution in [-0.2, 0) is 29.7 Å². The van der Waals surface area contributed by atoms with Crippen molar-refractivity contribution in [2.45, 2.75) is 19.5 Å². The Balaban J connectivity index is 1.68. The van der Waals surface area contributed by atoms with Crippen molar-refractivity contribution in [2.24, 2.45) is 0 Å². The summed E-state index contributed by atoms with van der Waals surface area (Å²) in [5.41, 5.74) is 3.54. The highest BCUT2D eigenvalue weighted by atomic mass is 32.2. The molecule has 0 saturated heterocycles. The number of hydrogen-bond donors (Lipinski definition) is 1. The van der Waals surface area contributed by atoms with Gasteiger partial charge in [0.25, 0.3) is 16.1 Å². The fourth-order valence-electron chi connectivity index (χ4n) is 3.01. The molecule has 1 aliphatic heterocycles. The van der Waals surface area contributed by atoms with Crippen molar-refractivity contribution in [1.82, 2.24) is 13.9 Å². The molecular weight excluding hydrogens is 350 g/mol. The van der Waals surface area contributed by atoms with Crippen molar-refractivity contribution < 1.29 is 13.2 Å². The monoisotopic (exact) mass is 373 g/mol. The van der Waals surface area contributed by atoms with E-state index in [1.807, 2.05) is 24.3 Å². The largest absolute Gasteiger partial charge is 0.345 e. The molecule has 0 saturated carbocycles. The van der Waals surface area contributed by atoms with Crippen LogP contribution >= 0.6 is 0 Å². The predicted molar refractivity (Wildman–Crippen MR) is 101 cm³/mol. The Bertz CT molecular complexity index is 910. The molecule has 138 valence electrons. The molecule has 0 spiro atoms. The van der Waals surface area contributed by atoms with E-state index in [2.05, 4.69) is 4.72 Å². The van der Waals surface area contributed by atoms with E-state index in [0.29, 0.717) is 25.1 Å². The Morgan fingerprint density at radius 1 is 1.12 bits per heavy atom. The average Bonchev–Trinajstić information content (AvgIpc) is 2.65. The lowest BCUT2D eigenvalue weighted by molar-refractivity contribution is 0.0827. The SMILES string of the molecule is CN(C)C(=O)c1cccc(CNS(=O)(=O)N2CCc3ccccc3C2)c1. The lowest BCUT2D eigenvalue weighted by atomic mass is 10.0. The van der Waals surface area contributed by atoms with Gasteiger partial charge >= 0.3 is 0 Å². The van der Waals surface area contributed by atoms with Gasteiger partial charge in [0, 0.05) is 39.3 Å². The van der Waals surface area contributed by atoms with Gasteiger partial charge < -0.3 is 4.90 Å². The van der Waals surface area contributed by atoms with Crippen LogP contribution in [0.15, 0.2) is 48.5 Å². The maximum absolute atomic E-state index is 12.6. The first kappa shape index (κ1) is 18.6. The Kier molecular flexibility index (Phi) is 5.41. The minimum atomic E-state index is -3.59. The Morgan fingerprint density at radius 3 is 2.58 bits per heavy atom. The van der Waals surface area contributed by atoms with Gasteiger partial charge in [-0.1, -0.05) is 36.4 Å². The first-order valence-corrected chi connectivity index (χ1v) is 9.93. The summed E-state index contributed by atoms with van der Waals surface area (Å²) in [6.45, 7) is 0.991. The molecule has 7 heteroatoms. The molecule has 1 aliphatic rings. The van der Waals surface area contributed by atoms with Crippen LogP contribution in [0.3, 0.4) is 0 Å². The number of nitrogens with zero attached hydrogens (tertiary/aromatic N) is 2. The zero-order chi connectivity index (χ0) is 18.7. The molecule has 26 heavy (non-hydrogen) atoms. The number of carbonyl (C=O) groups excluding carboxylic acids is 1.